The van der Waals surface area contributed by atoms with Gasteiger partial charge < -0.3 is 4.40 Å². The Labute approximate surface area is 89.9 Å². The van der Waals surface area contributed by atoms with Gasteiger partial charge in [-0.1, -0.05) is 28.7 Å². The molecule has 0 saturated heterocycles. The van der Waals surface area contributed by atoms with Crippen molar-refractivity contribution in [3.05, 3.63) is 41.7 Å². The number of aromatic nitrogens is 1. The SMILES string of the molecule is N#Cc1c(CI)cn2ccccc12. The van der Waals surface area contributed by atoms with Gasteiger partial charge in [0.05, 0.1) is 11.1 Å². The van der Waals surface area contributed by atoms with Gasteiger partial charge in [0.2, 0.25) is 0 Å². The first-order chi connectivity index (χ1) is 6.36. The lowest BCUT2D eigenvalue weighted by atomic mass is 10.2. The minimum absolute atomic E-state index is 0.801. The van der Waals surface area contributed by atoms with Gasteiger partial charge in [-0.3, -0.25) is 0 Å². The summed E-state index contributed by atoms with van der Waals surface area (Å²) in [5, 5.41) is 8.97. The number of pyridine rings is 1. The van der Waals surface area contributed by atoms with Crippen LogP contribution in [0.5, 0.6) is 0 Å². The van der Waals surface area contributed by atoms with E-state index in [1.165, 1.54) is 0 Å². The fourth-order valence-electron chi connectivity index (χ4n) is 1.41. The number of nitrogens with zero attached hydrogens (tertiary/aromatic N) is 2. The molecular formula is C10H7IN2. The third-order valence-electron chi connectivity index (χ3n) is 2.02. The maximum atomic E-state index is 8.97. The smallest absolute Gasteiger partial charge is 0.102 e. The van der Waals surface area contributed by atoms with Gasteiger partial charge in [-0.05, 0) is 17.7 Å². The average molecular weight is 282 g/mol. The van der Waals surface area contributed by atoms with E-state index in [-0.39, 0.29) is 0 Å². The van der Waals surface area contributed by atoms with Crippen LogP contribution < -0.4 is 0 Å². The monoisotopic (exact) mass is 282 g/mol. The normalized spacial score (nSPS) is 10.2. The predicted molar refractivity (Wildman–Crippen MR) is 59.8 cm³/mol. The number of hydrogen-bond donors (Lipinski definition) is 0. The molecule has 0 radical (unpaired) electrons. The van der Waals surface area contributed by atoms with Crippen molar-refractivity contribution < 1.29 is 0 Å². The summed E-state index contributed by atoms with van der Waals surface area (Å²) in [6, 6.07) is 8.13. The average Bonchev–Trinajstić information content (AvgIpc) is 2.55. The summed E-state index contributed by atoms with van der Waals surface area (Å²) in [5.74, 6) is 0. The highest BCUT2D eigenvalue weighted by Crippen LogP contribution is 2.19. The molecule has 0 aliphatic carbocycles. The highest BCUT2D eigenvalue weighted by Gasteiger charge is 2.07. The number of rotatable bonds is 1. The fourth-order valence-corrected chi connectivity index (χ4v) is 1.99. The highest BCUT2D eigenvalue weighted by molar-refractivity contribution is 14.1. The first kappa shape index (κ1) is 8.57. The summed E-state index contributed by atoms with van der Waals surface area (Å²) >= 11 is 2.27. The molecule has 0 bridgehead atoms. The molecule has 0 unspecified atom stereocenters. The second-order valence-corrected chi connectivity index (χ2v) is 3.53. The quantitative estimate of drug-likeness (QED) is 0.584. The maximum absolute atomic E-state index is 8.97. The lowest BCUT2D eigenvalue weighted by Gasteiger charge is -1.90. The Morgan fingerprint density at radius 3 is 3.00 bits per heavy atom. The number of halogens is 1. The molecule has 13 heavy (non-hydrogen) atoms. The Bertz CT molecular complexity index is 479. The molecule has 2 aromatic rings. The van der Waals surface area contributed by atoms with Crippen LogP contribution in [0.25, 0.3) is 5.52 Å². The molecular weight excluding hydrogens is 275 g/mol. The molecule has 0 spiro atoms. The number of fused-ring (bicyclic) bond motifs is 1. The second kappa shape index (κ2) is 3.38. The Balaban J connectivity index is 2.83. The predicted octanol–water partition coefficient (Wildman–Crippen LogP) is 2.75. The summed E-state index contributed by atoms with van der Waals surface area (Å²) in [4.78, 5) is 0. The number of nitriles is 1. The molecule has 3 heteroatoms. The Hall–Kier alpha value is -1.02. The topological polar surface area (TPSA) is 28.2 Å². The zero-order valence-electron chi connectivity index (χ0n) is 6.87. The zero-order valence-corrected chi connectivity index (χ0v) is 9.02. The number of alkyl halides is 1. The van der Waals surface area contributed by atoms with Gasteiger partial charge in [-0.2, -0.15) is 5.26 Å². The summed E-state index contributed by atoms with van der Waals surface area (Å²) in [6.07, 6.45) is 3.98. The molecule has 0 amide bonds. The van der Waals surface area contributed by atoms with Crippen molar-refractivity contribution in [3.8, 4) is 6.07 Å². The van der Waals surface area contributed by atoms with Crippen molar-refractivity contribution in [1.29, 1.82) is 5.26 Å². The highest BCUT2D eigenvalue weighted by atomic mass is 127. The lowest BCUT2D eigenvalue weighted by Crippen LogP contribution is -1.79. The third kappa shape index (κ3) is 1.31. The summed E-state index contributed by atoms with van der Waals surface area (Å²) in [5.41, 5.74) is 2.90. The van der Waals surface area contributed by atoms with E-state index in [1.54, 1.807) is 0 Å². The van der Waals surface area contributed by atoms with Crippen LogP contribution in [0, 0.1) is 11.3 Å². The minimum atomic E-state index is 0.801. The molecule has 0 N–H and O–H groups in total. The summed E-state index contributed by atoms with van der Waals surface area (Å²) in [6.45, 7) is 0. The molecule has 2 nitrogen and oxygen atoms in total. The van der Waals surface area contributed by atoms with E-state index < -0.39 is 0 Å². The molecule has 0 saturated carbocycles. The van der Waals surface area contributed by atoms with Crippen LogP contribution >= 0.6 is 22.6 Å². The Kier molecular flexibility index (Phi) is 2.23. The second-order valence-electron chi connectivity index (χ2n) is 2.77. The van der Waals surface area contributed by atoms with E-state index in [4.69, 9.17) is 5.26 Å². The molecule has 2 aromatic heterocycles. The maximum Gasteiger partial charge on any atom is 0.102 e. The van der Waals surface area contributed by atoms with Gasteiger partial charge in [-0.25, -0.2) is 0 Å². The molecule has 64 valence electrons. The zero-order chi connectivity index (χ0) is 9.26. The minimum Gasteiger partial charge on any atom is -0.322 e. The molecule has 0 aliphatic heterocycles. The molecule has 2 rings (SSSR count). The summed E-state index contributed by atoms with van der Waals surface area (Å²) < 4.78 is 2.87. The largest absolute Gasteiger partial charge is 0.322 e. The van der Waals surface area contributed by atoms with Crippen LogP contribution in [0.3, 0.4) is 0 Å². The van der Waals surface area contributed by atoms with Gasteiger partial charge in [0.1, 0.15) is 6.07 Å². The Morgan fingerprint density at radius 2 is 2.31 bits per heavy atom. The summed E-state index contributed by atoms with van der Waals surface area (Å²) in [7, 11) is 0. The fraction of sp³-hybridized carbons (Fsp3) is 0.100. The van der Waals surface area contributed by atoms with E-state index in [0.29, 0.717) is 0 Å². The first-order valence-electron chi connectivity index (χ1n) is 3.91. The van der Waals surface area contributed by atoms with Crippen molar-refractivity contribution in [1.82, 2.24) is 4.40 Å². The van der Waals surface area contributed by atoms with Crippen LogP contribution in [-0.2, 0) is 4.43 Å². The molecule has 0 fully saturated rings. The molecule has 0 aliphatic rings. The molecule has 2 heterocycles. The van der Waals surface area contributed by atoms with E-state index in [1.807, 2.05) is 35.0 Å². The van der Waals surface area contributed by atoms with Gasteiger partial charge in [0, 0.05) is 16.8 Å². The van der Waals surface area contributed by atoms with Crippen LogP contribution in [0.15, 0.2) is 30.6 Å². The van der Waals surface area contributed by atoms with Crippen molar-refractivity contribution >= 4 is 28.1 Å². The van der Waals surface area contributed by atoms with Crippen molar-refractivity contribution in [2.75, 3.05) is 0 Å². The number of hydrogen-bond acceptors (Lipinski definition) is 1. The standard InChI is InChI=1S/C10H7IN2/c11-5-8-7-13-4-2-1-3-10(13)9(8)6-12/h1-4,7H,5H2. The van der Waals surface area contributed by atoms with Gasteiger partial charge in [-0.15, -0.1) is 0 Å². The van der Waals surface area contributed by atoms with Crippen LogP contribution in [0.1, 0.15) is 11.1 Å². The van der Waals surface area contributed by atoms with Crippen molar-refractivity contribution in [3.63, 3.8) is 0 Å². The lowest BCUT2D eigenvalue weighted by molar-refractivity contribution is 1.19. The third-order valence-corrected chi connectivity index (χ3v) is 2.84. The molecule has 0 aromatic carbocycles. The molecule has 0 atom stereocenters. The van der Waals surface area contributed by atoms with Crippen molar-refractivity contribution in [2.24, 2.45) is 0 Å². The van der Waals surface area contributed by atoms with Crippen molar-refractivity contribution in [2.45, 2.75) is 4.43 Å². The van der Waals surface area contributed by atoms with Crippen LogP contribution in [-0.4, -0.2) is 4.40 Å². The van der Waals surface area contributed by atoms with Gasteiger partial charge in [0.15, 0.2) is 0 Å². The first-order valence-corrected chi connectivity index (χ1v) is 5.44. The van der Waals surface area contributed by atoms with Crippen LogP contribution in [0.4, 0.5) is 0 Å². The van der Waals surface area contributed by atoms with Gasteiger partial charge >= 0.3 is 0 Å². The van der Waals surface area contributed by atoms with E-state index >= 15 is 0 Å². The van der Waals surface area contributed by atoms with E-state index in [9.17, 15) is 0 Å². The van der Waals surface area contributed by atoms with E-state index in [2.05, 4.69) is 28.7 Å². The van der Waals surface area contributed by atoms with Crippen LogP contribution in [0.2, 0.25) is 0 Å². The Morgan fingerprint density at radius 1 is 1.46 bits per heavy atom. The van der Waals surface area contributed by atoms with Gasteiger partial charge in [0.25, 0.3) is 0 Å². The van der Waals surface area contributed by atoms with E-state index in [0.717, 1.165) is 21.1 Å².